The number of carboxylic acids is 1. The molecule has 0 aliphatic rings. The first-order valence-corrected chi connectivity index (χ1v) is 5.80. The minimum absolute atomic E-state index is 0.322. The second-order valence-corrected chi connectivity index (χ2v) is 3.81. The van der Waals surface area contributed by atoms with Crippen molar-refractivity contribution in [3.63, 3.8) is 0 Å². The molecule has 17 heavy (non-hydrogen) atoms. The first-order chi connectivity index (χ1) is 8.15. The highest BCUT2D eigenvalue weighted by atomic mass is 16.5. The largest absolute Gasteiger partial charge is 0.478 e. The Hall–Kier alpha value is -1.55. The zero-order valence-corrected chi connectivity index (χ0v) is 10.3. The van der Waals surface area contributed by atoms with Crippen molar-refractivity contribution in [2.24, 2.45) is 0 Å². The van der Waals surface area contributed by atoms with E-state index in [2.05, 4.69) is 5.32 Å². The molecule has 1 rings (SSSR count). The molecular weight excluding hydrogens is 218 g/mol. The number of rotatable bonds is 7. The molecule has 4 nitrogen and oxygen atoms in total. The van der Waals surface area contributed by atoms with Crippen LogP contribution in [0, 0.1) is 6.92 Å². The molecular formula is C13H19NO3. The number of carboxylic acid groups (broad SMARTS) is 1. The van der Waals surface area contributed by atoms with Crippen molar-refractivity contribution in [3.8, 4) is 0 Å². The van der Waals surface area contributed by atoms with Gasteiger partial charge in [0.25, 0.3) is 0 Å². The second-order valence-electron chi connectivity index (χ2n) is 3.81. The Morgan fingerprint density at radius 1 is 1.47 bits per heavy atom. The van der Waals surface area contributed by atoms with Crippen LogP contribution in [0.25, 0.3) is 0 Å². The van der Waals surface area contributed by atoms with Crippen LogP contribution in [0.1, 0.15) is 29.3 Å². The molecule has 0 aliphatic heterocycles. The van der Waals surface area contributed by atoms with E-state index in [1.807, 2.05) is 13.8 Å². The summed E-state index contributed by atoms with van der Waals surface area (Å²) >= 11 is 0. The van der Waals surface area contributed by atoms with E-state index in [0.29, 0.717) is 5.56 Å². The van der Waals surface area contributed by atoms with Gasteiger partial charge in [0.1, 0.15) is 0 Å². The van der Waals surface area contributed by atoms with Crippen LogP contribution in [0.2, 0.25) is 0 Å². The van der Waals surface area contributed by atoms with Crippen LogP contribution in [0.3, 0.4) is 0 Å². The van der Waals surface area contributed by atoms with Gasteiger partial charge in [0, 0.05) is 25.4 Å². The normalized spacial score (nSPS) is 10.2. The zero-order chi connectivity index (χ0) is 12.7. The number of nitrogens with one attached hydrogen (secondary N) is 1. The molecule has 0 heterocycles. The van der Waals surface area contributed by atoms with Crippen LogP contribution < -0.4 is 5.32 Å². The van der Waals surface area contributed by atoms with Gasteiger partial charge in [-0.1, -0.05) is 0 Å². The molecule has 0 unspecified atom stereocenters. The molecule has 0 amide bonds. The highest BCUT2D eigenvalue weighted by molar-refractivity contribution is 5.88. The number of hydrogen-bond acceptors (Lipinski definition) is 3. The Kier molecular flexibility index (Phi) is 5.49. The summed E-state index contributed by atoms with van der Waals surface area (Å²) in [5, 5.41) is 12.1. The van der Waals surface area contributed by atoms with Crippen molar-refractivity contribution in [2.45, 2.75) is 20.3 Å². The number of ether oxygens (including phenoxy) is 1. The molecule has 0 bridgehead atoms. The maximum absolute atomic E-state index is 10.8. The van der Waals surface area contributed by atoms with Gasteiger partial charge in [0.15, 0.2) is 0 Å². The average Bonchev–Trinajstić information content (AvgIpc) is 2.30. The van der Waals surface area contributed by atoms with E-state index in [1.54, 1.807) is 18.2 Å². The monoisotopic (exact) mass is 237 g/mol. The molecule has 0 aliphatic carbocycles. The Bertz CT molecular complexity index is 377. The third-order valence-electron chi connectivity index (χ3n) is 2.46. The Labute approximate surface area is 102 Å². The van der Waals surface area contributed by atoms with E-state index in [1.165, 1.54) is 0 Å². The van der Waals surface area contributed by atoms with E-state index in [4.69, 9.17) is 9.84 Å². The summed E-state index contributed by atoms with van der Waals surface area (Å²) in [5.74, 6) is -0.893. The van der Waals surface area contributed by atoms with Crippen LogP contribution in [0.5, 0.6) is 0 Å². The molecule has 0 spiro atoms. The number of anilines is 1. The van der Waals surface area contributed by atoms with Gasteiger partial charge in [0.2, 0.25) is 0 Å². The van der Waals surface area contributed by atoms with Crippen molar-refractivity contribution < 1.29 is 14.6 Å². The number of aromatic carboxylic acids is 1. The van der Waals surface area contributed by atoms with Crippen molar-refractivity contribution in [3.05, 3.63) is 29.3 Å². The lowest BCUT2D eigenvalue weighted by atomic mass is 10.1. The Morgan fingerprint density at radius 3 is 2.82 bits per heavy atom. The summed E-state index contributed by atoms with van der Waals surface area (Å²) in [6.07, 6.45) is 0.938. The van der Waals surface area contributed by atoms with Gasteiger partial charge in [-0.25, -0.2) is 4.79 Å². The molecule has 4 heteroatoms. The minimum Gasteiger partial charge on any atom is -0.478 e. The number of benzene rings is 1. The summed E-state index contributed by atoms with van der Waals surface area (Å²) in [6.45, 7) is 6.19. The molecule has 94 valence electrons. The van der Waals surface area contributed by atoms with Gasteiger partial charge in [-0.05, 0) is 44.0 Å². The lowest BCUT2D eigenvalue weighted by molar-refractivity contribution is 0.0697. The molecule has 2 N–H and O–H groups in total. The molecule has 0 saturated carbocycles. The smallest absolute Gasteiger partial charge is 0.335 e. The molecule has 0 atom stereocenters. The van der Waals surface area contributed by atoms with Gasteiger partial charge in [-0.2, -0.15) is 0 Å². The van der Waals surface area contributed by atoms with Gasteiger partial charge in [0.05, 0.1) is 5.56 Å². The predicted octanol–water partition coefficient (Wildman–Crippen LogP) is 2.53. The van der Waals surface area contributed by atoms with E-state index < -0.39 is 5.97 Å². The molecule has 1 aromatic carbocycles. The fourth-order valence-corrected chi connectivity index (χ4v) is 1.54. The van der Waals surface area contributed by atoms with Crippen molar-refractivity contribution >= 4 is 11.7 Å². The van der Waals surface area contributed by atoms with Gasteiger partial charge in [-0.15, -0.1) is 0 Å². The Morgan fingerprint density at radius 2 is 2.24 bits per heavy atom. The topological polar surface area (TPSA) is 58.6 Å². The van der Waals surface area contributed by atoms with Crippen LogP contribution in [0.15, 0.2) is 18.2 Å². The minimum atomic E-state index is -0.893. The summed E-state index contributed by atoms with van der Waals surface area (Å²) in [4.78, 5) is 10.8. The van der Waals surface area contributed by atoms with Crippen molar-refractivity contribution in [1.82, 2.24) is 0 Å². The average molecular weight is 237 g/mol. The highest BCUT2D eigenvalue weighted by Crippen LogP contribution is 2.16. The predicted molar refractivity (Wildman–Crippen MR) is 67.7 cm³/mol. The summed E-state index contributed by atoms with van der Waals surface area (Å²) in [7, 11) is 0. The number of carbonyl (C=O) groups is 1. The maximum atomic E-state index is 10.8. The van der Waals surface area contributed by atoms with Crippen LogP contribution in [0.4, 0.5) is 5.69 Å². The molecule has 0 saturated heterocycles. The van der Waals surface area contributed by atoms with E-state index in [0.717, 1.165) is 37.4 Å². The lowest BCUT2D eigenvalue weighted by Crippen LogP contribution is -2.07. The zero-order valence-electron chi connectivity index (χ0n) is 10.3. The highest BCUT2D eigenvalue weighted by Gasteiger charge is 2.04. The maximum Gasteiger partial charge on any atom is 0.335 e. The van der Waals surface area contributed by atoms with Gasteiger partial charge in [-0.3, -0.25) is 0 Å². The number of hydrogen-bond donors (Lipinski definition) is 2. The fraction of sp³-hybridized carbons (Fsp3) is 0.462. The lowest BCUT2D eigenvalue weighted by Gasteiger charge is -2.10. The quantitative estimate of drug-likeness (QED) is 0.715. The summed E-state index contributed by atoms with van der Waals surface area (Å²) in [5.41, 5.74) is 2.25. The first kappa shape index (κ1) is 13.5. The third kappa shape index (κ3) is 4.44. The molecule has 0 radical (unpaired) electrons. The molecule has 0 fully saturated rings. The molecule has 0 aromatic heterocycles. The van der Waals surface area contributed by atoms with E-state index in [-0.39, 0.29) is 0 Å². The second kappa shape index (κ2) is 6.91. The standard InChI is InChI=1S/C13H19NO3/c1-3-17-8-4-7-14-12-6-5-11(13(15)16)9-10(12)2/h5-6,9,14H,3-4,7-8H2,1-2H3,(H,15,16). The molecule has 1 aromatic rings. The third-order valence-corrected chi connectivity index (χ3v) is 2.46. The van der Waals surface area contributed by atoms with Crippen molar-refractivity contribution in [1.29, 1.82) is 0 Å². The Balaban J connectivity index is 2.46. The summed E-state index contributed by atoms with van der Waals surface area (Å²) < 4.78 is 5.23. The number of aryl methyl sites for hydroxylation is 1. The van der Waals surface area contributed by atoms with Gasteiger partial charge >= 0.3 is 5.97 Å². The van der Waals surface area contributed by atoms with Gasteiger partial charge < -0.3 is 15.2 Å². The fourth-order valence-electron chi connectivity index (χ4n) is 1.54. The SMILES string of the molecule is CCOCCCNc1ccc(C(=O)O)cc1C. The van der Waals surface area contributed by atoms with Crippen LogP contribution in [-0.2, 0) is 4.74 Å². The first-order valence-electron chi connectivity index (χ1n) is 5.80. The van der Waals surface area contributed by atoms with Crippen LogP contribution >= 0.6 is 0 Å². The van der Waals surface area contributed by atoms with E-state index >= 15 is 0 Å². The van der Waals surface area contributed by atoms with Crippen molar-refractivity contribution in [2.75, 3.05) is 25.1 Å². The van der Waals surface area contributed by atoms with E-state index in [9.17, 15) is 4.79 Å². The van der Waals surface area contributed by atoms with Crippen LogP contribution in [-0.4, -0.2) is 30.8 Å². The summed E-state index contributed by atoms with van der Waals surface area (Å²) in [6, 6.07) is 5.09.